The van der Waals surface area contributed by atoms with E-state index in [0.29, 0.717) is 5.56 Å². The Hall–Kier alpha value is -4.18. The Labute approximate surface area is 180 Å². The van der Waals surface area contributed by atoms with Crippen molar-refractivity contribution in [2.45, 2.75) is 5.54 Å². The van der Waals surface area contributed by atoms with Crippen LogP contribution in [0.1, 0.15) is 27.0 Å². The summed E-state index contributed by atoms with van der Waals surface area (Å²) in [5.74, 6) is -0.449. The van der Waals surface area contributed by atoms with Gasteiger partial charge in [-0.2, -0.15) is 5.10 Å². The number of hydrogen-bond acceptors (Lipinski definition) is 2. The third-order valence-electron chi connectivity index (χ3n) is 5.74. The number of nitrogens with zero attached hydrogens (tertiary/aromatic N) is 2. The van der Waals surface area contributed by atoms with E-state index < -0.39 is 11.4 Å². The van der Waals surface area contributed by atoms with Crippen LogP contribution >= 0.6 is 0 Å². The number of amides is 1. The highest BCUT2D eigenvalue weighted by atomic mass is 16.1. The van der Waals surface area contributed by atoms with Gasteiger partial charge in [-0.3, -0.25) is 4.79 Å². The number of rotatable bonds is 5. The van der Waals surface area contributed by atoms with Gasteiger partial charge in [-0.05, 0) is 34.9 Å². The summed E-state index contributed by atoms with van der Waals surface area (Å²) >= 11 is 0. The molecule has 0 aliphatic carbocycles. The summed E-state index contributed by atoms with van der Waals surface area (Å²) in [5, 5.41) is 5.73. The van der Waals surface area contributed by atoms with E-state index in [-0.39, 0.29) is 0 Å². The molecule has 0 fully saturated rings. The van der Waals surface area contributed by atoms with Crippen molar-refractivity contribution >= 4 is 16.8 Å². The van der Waals surface area contributed by atoms with E-state index in [0.717, 1.165) is 27.6 Å². The number of carbonyl (C=O) groups is 1. The van der Waals surface area contributed by atoms with Gasteiger partial charge < -0.3 is 5.73 Å². The summed E-state index contributed by atoms with van der Waals surface area (Å²) in [7, 11) is 0. The molecule has 4 aromatic carbocycles. The molecule has 0 saturated carbocycles. The first kappa shape index (κ1) is 18.8. The molecule has 0 spiro atoms. The lowest BCUT2D eigenvalue weighted by Crippen LogP contribution is -2.38. The van der Waals surface area contributed by atoms with Crippen LogP contribution in [-0.2, 0) is 5.54 Å². The van der Waals surface area contributed by atoms with Gasteiger partial charge >= 0.3 is 0 Å². The molecule has 5 rings (SSSR count). The number of aromatic nitrogens is 2. The van der Waals surface area contributed by atoms with Crippen molar-refractivity contribution in [1.82, 2.24) is 9.78 Å². The highest BCUT2D eigenvalue weighted by Crippen LogP contribution is 2.42. The average Bonchev–Trinajstić information content (AvgIpc) is 3.25. The SMILES string of the molecule is NC(=O)c1ccc2c(cnn2C(c2ccccc2)(c2ccccc2)c2ccccc2)c1. The summed E-state index contributed by atoms with van der Waals surface area (Å²) in [4.78, 5) is 11.7. The summed E-state index contributed by atoms with van der Waals surface area (Å²) in [6.07, 6.45) is 1.80. The van der Waals surface area contributed by atoms with Gasteiger partial charge in [0.05, 0.1) is 11.7 Å². The first-order valence-corrected chi connectivity index (χ1v) is 10.2. The Kier molecular flexibility index (Phi) is 4.60. The predicted molar refractivity (Wildman–Crippen MR) is 123 cm³/mol. The monoisotopic (exact) mass is 403 g/mol. The first-order valence-electron chi connectivity index (χ1n) is 10.2. The third-order valence-corrected chi connectivity index (χ3v) is 5.74. The summed E-state index contributed by atoms with van der Waals surface area (Å²) in [6, 6.07) is 36.6. The van der Waals surface area contributed by atoms with Crippen LogP contribution in [0.25, 0.3) is 10.9 Å². The van der Waals surface area contributed by atoms with Gasteiger partial charge in [0.1, 0.15) is 5.54 Å². The van der Waals surface area contributed by atoms with Gasteiger partial charge in [0.15, 0.2) is 0 Å². The largest absolute Gasteiger partial charge is 0.366 e. The smallest absolute Gasteiger partial charge is 0.248 e. The predicted octanol–water partition coefficient (Wildman–Crippen LogP) is 4.98. The highest BCUT2D eigenvalue weighted by Gasteiger charge is 2.40. The number of benzene rings is 4. The maximum absolute atomic E-state index is 11.7. The zero-order valence-electron chi connectivity index (χ0n) is 16.8. The van der Waals surface area contributed by atoms with Gasteiger partial charge in [-0.25, -0.2) is 4.68 Å². The van der Waals surface area contributed by atoms with Crippen molar-refractivity contribution < 1.29 is 4.79 Å². The molecule has 1 heterocycles. The second-order valence-corrected chi connectivity index (χ2v) is 7.50. The van der Waals surface area contributed by atoms with Gasteiger partial charge in [-0.1, -0.05) is 91.0 Å². The molecule has 4 heteroatoms. The van der Waals surface area contributed by atoms with Crippen LogP contribution in [0.5, 0.6) is 0 Å². The molecule has 0 unspecified atom stereocenters. The minimum atomic E-state index is -0.695. The molecular formula is C27H21N3O. The molecule has 0 aliphatic rings. The fraction of sp³-hybridized carbons (Fsp3) is 0.0370. The van der Waals surface area contributed by atoms with Crippen molar-refractivity contribution in [2.75, 3.05) is 0 Å². The first-order chi connectivity index (χ1) is 15.2. The lowest BCUT2D eigenvalue weighted by atomic mass is 9.77. The molecule has 0 saturated heterocycles. The lowest BCUT2D eigenvalue weighted by Gasteiger charge is -2.37. The Morgan fingerprint density at radius 1 is 0.710 bits per heavy atom. The second kappa shape index (κ2) is 7.58. The van der Waals surface area contributed by atoms with E-state index in [1.807, 2.05) is 65.3 Å². The highest BCUT2D eigenvalue weighted by molar-refractivity contribution is 5.97. The fourth-order valence-corrected chi connectivity index (χ4v) is 4.36. The molecule has 0 radical (unpaired) electrons. The number of fused-ring (bicyclic) bond motifs is 1. The number of nitrogens with two attached hydrogens (primary N) is 1. The number of carbonyl (C=O) groups excluding carboxylic acids is 1. The van der Waals surface area contributed by atoms with Crippen LogP contribution < -0.4 is 5.73 Å². The molecule has 4 nitrogen and oxygen atoms in total. The van der Waals surface area contributed by atoms with Crippen molar-refractivity contribution in [3.8, 4) is 0 Å². The zero-order valence-corrected chi connectivity index (χ0v) is 16.8. The van der Waals surface area contributed by atoms with Crippen molar-refractivity contribution in [1.29, 1.82) is 0 Å². The Morgan fingerprint density at radius 2 is 1.19 bits per heavy atom. The Balaban J connectivity index is 1.92. The van der Waals surface area contributed by atoms with Crippen molar-refractivity contribution in [3.63, 3.8) is 0 Å². The van der Waals surface area contributed by atoms with Gasteiger partial charge in [0, 0.05) is 10.9 Å². The van der Waals surface area contributed by atoms with Gasteiger partial charge in [0.2, 0.25) is 5.91 Å². The molecule has 0 bridgehead atoms. The number of hydrogen-bond donors (Lipinski definition) is 1. The van der Waals surface area contributed by atoms with E-state index in [4.69, 9.17) is 10.8 Å². The van der Waals surface area contributed by atoms with Crippen LogP contribution in [-0.4, -0.2) is 15.7 Å². The zero-order chi connectivity index (χ0) is 21.3. The molecule has 0 aliphatic heterocycles. The fourth-order valence-electron chi connectivity index (χ4n) is 4.36. The maximum Gasteiger partial charge on any atom is 0.248 e. The molecule has 5 aromatic rings. The van der Waals surface area contributed by atoms with Crippen LogP contribution in [0.4, 0.5) is 0 Å². The van der Waals surface area contributed by atoms with E-state index >= 15 is 0 Å². The molecule has 31 heavy (non-hydrogen) atoms. The van der Waals surface area contributed by atoms with E-state index in [9.17, 15) is 4.79 Å². The average molecular weight is 403 g/mol. The standard InChI is InChI=1S/C27H21N3O/c28-26(31)20-16-17-25-21(18-20)19-29-30(25)27(22-10-4-1-5-11-22,23-12-6-2-7-13-23)24-14-8-3-9-15-24/h1-19H,(H2,28,31). The Morgan fingerprint density at radius 3 is 1.65 bits per heavy atom. The maximum atomic E-state index is 11.7. The molecular weight excluding hydrogens is 382 g/mol. The lowest BCUT2D eigenvalue weighted by molar-refractivity contribution is 0.100. The van der Waals surface area contributed by atoms with Crippen molar-refractivity contribution in [3.05, 3.63) is 138 Å². The Bertz CT molecular complexity index is 1250. The topological polar surface area (TPSA) is 60.9 Å². The summed E-state index contributed by atoms with van der Waals surface area (Å²) in [5.41, 5.74) is 9.48. The third kappa shape index (κ3) is 3.01. The number of primary amides is 1. The van der Waals surface area contributed by atoms with Crippen LogP contribution in [0.2, 0.25) is 0 Å². The normalized spacial score (nSPS) is 11.5. The van der Waals surface area contributed by atoms with Crippen LogP contribution in [0, 0.1) is 0 Å². The van der Waals surface area contributed by atoms with Crippen LogP contribution in [0.3, 0.4) is 0 Å². The summed E-state index contributed by atoms with van der Waals surface area (Å²) < 4.78 is 2.05. The van der Waals surface area contributed by atoms with Crippen LogP contribution in [0.15, 0.2) is 115 Å². The van der Waals surface area contributed by atoms with E-state index in [1.54, 1.807) is 18.3 Å². The van der Waals surface area contributed by atoms with Crippen molar-refractivity contribution in [2.24, 2.45) is 5.73 Å². The minimum absolute atomic E-state index is 0.449. The van der Waals surface area contributed by atoms with E-state index in [1.165, 1.54) is 0 Å². The van der Waals surface area contributed by atoms with E-state index in [2.05, 4.69) is 36.4 Å². The second-order valence-electron chi connectivity index (χ2n) is 7.50. The van der Waals surface area contributed by atoms with Gasteiger partial charge in [-0.15, -0.1) is 0 Å². The van der Waals surface area contributed by atoms with Gasteiger partial charge in [0.25, 0.3) is 0 Å². The molecule has 150 valence electrons. The molecule has 0 atom stereocenters. The molecule has 2 N–H and O–H groups in total. The summed E-state index contributed by atoms with van der Waals surface area (Å²) in [6.45, 7) is 0. The quantitative estimate of drug-likeness (QED) is 0.421. The minimum Gasteiger partial charge on any atom is -0.366 e. The molecule has 1 aromatic heterocycles. The molecule has 1 amide bonds.